The van der Waals surface area contributed by atoms with Gasteiger partial charge in [0.15, 0.2) is 23.3 Å². The summed E-state index contributed by atoms with van der Waals surface area (Å²) < 4.78 is 132. The van der Waals surface area contributed by atoms with Gasteiger partial charge in [0.2, 0.25) is 5.95 Å². The first-order valence-corrected chi connectivity index (χ1v) is 35.0. The summed E-state index contributed by atoms with van der Waals surface area (Å²) >= 11 is 0. The van der Waals surface area contributed by atoms with Crippen molar-refractivity contribution < 1.29 is 76.9 Å². The van der Waals surface area contributed by atoms with E-state index < -0.39 is 29.2 Å². The average Bonchev–Trinajstić information content (AvgIpc) is 1.78. The number of benzene rings is 6. The predicted octanol–water partition coefficient (Wildman–Crippen LogP) is 15.1. The number of aromatic nitrogens is 10. The molecule has 6 aromatic heterocycles. The van der Waals surface area contributed by atoms with Crippen molar-refractivity contribution in [3.8, 4) is 45.8 Å². The predicted molar refractivity (Wildman–Crippen MR) is 373 cm³/mol. The molecule has 560 valence electrons. The van der Waals surface area contributed by atoms with E-state index in [1.807, 2.05) is 30.3 Å². The molecule has 12 aromatic rings. The lowest BCUT2D eigenvalue weighted by atomic mass is 9.96. The zero-order valence-electron chi connectivity index (χ0n) is 58.6. The first-order chi connectivity index (χ1) is 52.7. The molecule has 23 nitrogen and oxygen atoms in total. The summed E-state index contributed by atoms with van der Waals surface area (Å²) in [5.74, 6) is -2.46. The van der Waals surface area contributed by atoms with Gasteiger partial charge in [-0.3, -0.25) is 19.2 Å². The summed E-state index contributed by atoms with van der Waals surface area (Å²) in [5, 5.41) is 19.7. The molecule has 10 heterocycles. The van der Waals surface area contributed by atoms with Crippen LogP contribution in [0.25, 0.3) is 45.8 Å². The molecule has 0 saturated carbocycles. The number of hydrogen-bond acceptors (Lipinski definition) is 19. The van der Waals surface area contributed by atoms with E-state index >= 15 is 0 Å². The summed E-state index contributed by atoms with van der Waals surface area (Å²) in [4.78, 5) is 78.6. The molecule has 4 fully saturated rings. The molecule has 0 bridgehead atoms. The number of nitrogens with zero attached hydrogens (tertiary/aromatic N) is 14. The van der Waals surface area contributed by atoms with Gasteiger partial charge in [-0.25, -0.2) is 35.7 Å². The quantitative estimate of drug-likeness (QED) is 0.0811. The molecule has 4 aliphatic rings. The number of carbonyl (C=O) groups excluding carboxylic acids is 4. The molecular weight excluding hydrogens is 1430 g/mol. The van der Waals surface area contributed by atoms with Crippen molar-refractivity contribution in [3.63, 3.8) is 0 Å². The van der Waals surface area contributed by atoms with Crippen LogP contribution in [0.1, 0.15) is 151 Å². The Kier molecular flexibility index (Phi) is 23.3. The minimum atomic E-state index is -0.792. The lowest BCUT2D eigenvalue weighted by Crippen LogP contribution is -2.39. The number of carbonyl (C=O) groups is 4. The van der Waals surface area contributed by atoms with Crippen LogP contribution in [-0.2, 0) is 0 Å². The fourth-order valence-electron chi connectivity index (χ4n) is 13.2. The third kappa shape index (κ3) is 18.2. The second-order valence-corrected chi connectivity index (χ2v) is 26.4. The number of amides is 4. The van der Waals surface area contributed by atoms with Gasteiger partial charge >= 0.3 is 0 Å². The standard InChI is InChI=1S/C21H19F2N3O2.C20H18FN3O2.C19H15F3N4O2.C18H16F2N4O3/c1-13-11-17(23)8-9-18(13)21(27)26-10-2-3-15(12-26)19-24-20(28-25-19)14-4-6-16(22)7-5-14;21-17-10-8-15(9-11-17)20(25)24-12-4-7-16(13-24)18-22-19(26-23-18)14-5-2-1-3-6-14;20-13-4-5-14(15(21)8-13)18-24-17(25-28-18)12-2-1-7-26(10-12)19(27)11-3-6-16(22)23-9-11;1-10-14(8-21-26-10)18(25)24-6-2-3-11(9-24)16-22-17(27-23-16)13-5-4-12(19)7-15(13)20/h4-9,11,15H,2-3,10,12H2,1H3;1-3,5-6,8-11,16H,4,7,12-13H2;3-6,8-9,12H,1-2,7,10H2;4-5,7-8,11H,2-3,6,9H2,1H3. The number of pyridine rings is 1. The molecule has 31 heteroatoms. The smallest absolute Gasteiger partial charge is 0.260 e. The molecule has 109 heavy (non-hydrogen) atoms. The zero-order valence-corrected chi connectivity index (χ0v) is 58.6. The number of hydrogen-bond donors (Lipinski definition) is 0. The molecule has 0 N–H and O–H groups in total. The molecule has 0 radical (unpaired) electrons. The second kappa shape index (κ2) is 34.0. The van der Waals surface area contributed by atoms with Crippen LogP contribution in [0.2, 0.25) is 0 Å². The van der Waals surface area contributed by atoms with E-state index in [9.17, 15) is 54.3 Å². The normalized spacial score (nSPS) is 17.1. The number of aryl methyl sites for hydroxylation is 2. The van der Waals surface area contributed by atoms with Crippen LogP contribution in [0.3, 0.4) is 0 Å². The van der Waals surface area contributed by atoms with Gasteiger partial charge in [-0.05, 0) is 186 Å². The molecule has 4 aliphatic heterocycles. The summed E-state index contributed by atoms with van der Waals surface area (Å²) in [6.07, 6.45) is 9.04. The first-order valence-electron chi connectivity index (χ1n) is 35.0. The maximum atomic E-state index is 13.9. The van der Waals surface area contributed by atoms with Crippen LogP contribution >= 0.6 is 0 Å². The fraction of sp³-hybridized carbons (Fsp3) is 0.282. The molecule has 4 saturated heterocycles. The van der Waals surface area contributed by atoms with Crippen LogP contribution in [0.4, 0.5) is 35.1 Å². The van der Waals surface area contributed by atoms with E-state index in [-0.39, 0.29) is 87.7 Å². The topological polar surface area (TPSA) is 276 Å². The van der Waals surface area contributed by atoms with Crippen molar-refractivity contribution >= 4 is 23.6 Å². The molecule has 4 atom stereocenters. The molecule has 4 amide bonds. The van der Waals surface area contributed by atoms with Gasteiger partial charge < -0.3 is 42.2 Å². The Morgan fingerprint density at radius 1 is 0.376 bits per heavy atom. The van der Waals surface area contributed by atoms with Crippen molar-refractivity contribution in [1.29, 1.82) is 0 Å². The van der Waals surface area contributed by atoms with E-state index in [0.717, 1.165) is 87.3 Å². The van der Waals surface area contributed by atoms with E-state index in [1.165, 1.54) is 85.2 Å². The SMILES string of the molecule is Cc1cc(F)ccc1C(=O)N1CCCC(c2noc(-c3ccc(F)cc3)n2)C1.Cc1oncc1C(=O)N1CCCC(c2noc(-c3ccc(F)cc3F)n2)C1.O=C(c1ccc(F)cc1)N1CCCC(c2noc(-c3ccccc3)n2)C1.O=C(c1ccc(F)nc1)N1CCCC(c2noc(-c3ccc(F)cc3F)n2)C1. The Morgan fingerprint density at radius 3 is 1.19 bits per heavy atom. The Bertz CT molecular complexity index is 5160. The maximum Gasteiger partial charge on any atom is 0.260 e. The van der Waals surface area contributed by atoms with E-state index in [4.69, 9.17) is 22.6 Å². The van der Waals surface area contributed by atoms with Crippen LogP contribution in [0, 0.1) is 60.5 Å². The highest BCUT2D eigenvalue weighted by Crippen LogP contribution is 2.35. The van der Waals surface area contributed by atoms with Crippen molar-refractivity contribution in [2.24, 2.45) is 0 Å². The molecule has 4 unspecified atom stereocenters. The summed E-state index contributed by atoms with van der Waals surface area (Å²) in [5.41, 5.74) is 3.91. The van der Waals surface area contributed by atoms with Crippen LogP contribution in [0.15, 0.2) is 181 Å². The molecule has 16 rings (SSSR count). The Balaban J connectivity index is 0.000000128. The van der Waals surface area contributed by atoms with Crippen molar-refractivity contribution in [3.05, 3.63) is 262 Å². The Labute approximate surface area is 616 Å². The van der Waals surface area contributed by atoms with Gasteiger partial charge in [0.1, 0.15) is 52.0 Å². The van der Waals surface area contributed by atoms with E-state index in [0.29, 0.717) is 127 Å². The summed E-state index contributed by atoms with van der Waals surface area (Å²) in [6.45, 7) is 7.64. The third-order valence-corrected chi connectivity index (χ3v) is 19.0. The zero-order chi connectivity index (χ0) is 76.2. The Morgan fingerprint density at radius 2 is 0.761 bits per heavy atom. The molecule has 0 spiro atoms. The lowest BCUT2D eigenvalue weighted by Gasteiger charge is -2.31. The largest absolute Gasteiger partial charge is 0.361 e. The van der Waals surface area contributed by atoms with Crippen molar-refractivity contribution in [1.82, 2.24) is 70.3 Å². The minimum Gasteiger partial charge on any atom is -0.361 e. The lowest BCUT2D eigenvalue weighted by molar-refractivity contribution is 0.0695. The van der Waals surface area contributed by atoms with Gasteiger partial charge in [-0.15, -0.1) is 0 Å². The molecular formula is C78H68F8N14O9. The van der Waals surface area contributed by atoms with Gasteiger partial charge in [0, 0.05) is 117 Å². The average molecular weight is 1500 g/mol. The monoisotopic (exact) mass is 1500 g/mol. The maximum absolute atomic E-state index is 13.9. The van der Waals surface area contributed by atoms with E-state index in [2.05, 4.69) is 50.7 Å². The minimum absolute atomic E-state index is 0.0131. The van der Waals surface area contributed by atoms with Gasteiger partial charge in [-0.2, -0.15) is 24.3 Å². The third-order valence-electron chi connectivity index (χ3n) is 19.0. The van der Waals surface area contributed by atoms with Gasteiger partial charge in [0.05, 0.1) is 22.9 Å². The second-order valence-electron chi connectivity index (χ2n) is 26.4. The molecule has 0 aliphatic carbocycles. The first kappa shape index (κ1) is 74.8. The number of likely N-dealkylation sites (tertiary alicyclic amines) is 4. The summed E-state index contributed by atoms with van der Waals surface area (Å²) in [7, 11) is 0. The summed E-state index contributed by atoms with van der Waals surface area (Å²) in [6, 6.07) is 34.1. The van der Waals surface area contributed by atoms with Crippen molar-refractivity contribution in [2.75, 3.05) is 52.4 Å². The highest BCUT2D eigenvalue weighted by molar-refractivity contribution is 5.96. The number of rotatable bonds is 12. The van der Waals surface area contributed by atoms with Gasteiger partial charge in [0.25, 0.3) is 47.2 Å². The number of piperidine rings is 4. The van der Waals surface area contributed by atoms with Crippen LogP contribution in [0.5, 0.6) is 0 Å². The van der Waals surface area contributed by atoms with Crippen LogP contribution < -0.4 is 0 Å². The highest BCUT2D eigenvalue weighted by atomic mass is 19.2. The number of halogens is 8. The van der Waals surface area contributed by atoms with E-state index in [1.54, 1.807) is 45.6 Å². The van der Waals surface area contributed by atoms with Crippen molar-refractivity contribution in [2.45, 2.75) is 88.9 Å². The van der Waals surface area contributed by atoms with Crippen LogP contribution in [-0.4, -0.2) is 146 Å². The fourth-order valence-corrected chi connectivity index (χ4v) is 13.2. The highest BCUT2D eigenvalue weighted by Gasteiger charge is 2.35. The Hall–Kier alpha value is -12.4. The van der Waals surface area contributed by atoms with Gasteiger partial charge in [-0.1, -0.05) is 44.0 Å². The molecule has 6 aromatic carbocycles.